The van der Waals surface area contributed by atoms with E-state index in [1.807, 2.05) is 67.6 Å². The number of hydrogen-bond acceptors (Lipinski definition) is 6. The lowest BCUT2D eigenvalue weighted by atomic mass is 10.1. The number of nitrogens with zero attached hydrogens (tertiary/aromatic N) is 2. The fourth-order valence-electron chi connectivity index (χ4n) is 4.12. The van der Waals surface area contributed by atoms with Gasteiger partial charge in [-0.15, -0.1) is 0 Å². The Morgan fingerprint density at radius 1 is 0.475 bits per heavy atom. The first-order valence-corrected chi connectivity index (χ1v) is 12.5. The highest BCUT2D eigenvalue weighted by Crippen LogP contribution is 2.35. The van der Waals surface area contributed by atoms with Crippen molar-refractivity contribution in [2.45, 2.75) is 6.92 Å². The van der Waals surface area contributed by atoms with Crippen LogP contribution in [0.5, 0.6) is 40.2 Å². The molecule has 0 heterocycles. The number of methoxy groups -OCH3 is 1. The van der Waals surface area contributed by atoms with E-state index < -0.39 is 0 Å². The number of nitriles is 2. The van der Waals surface area contributed by atoms with Crippen LogP contribution in [0, 0.1) is 29.6 Å². The minimum absolute atomic E-state index is 0.297. The Kier molecular flexibility index (Phi) is 7.62. The first-order chi connectivity index (χ1) is 19.6. The lowest BCUT2D eigenvalue weighted by molar-refractivity contribution is 0.412. The third-order valence-electron chi connectivity index (χ3n) is 6.23. The molecule has 6 heteroatoms. The minimum atomic E-state index is 0.297. The molecule has 0 amide bonds. The van der Waals surface area contributed by atoms with Crippen molar-refractivity contribution in [2.24, 2.45) is 0 Å². The summed E-state index contributed by atoms with van der Waals surface area (Å²) in [5.41, 5.74) is 3.68. The molecule has 0 spiro atoms. The average Bonchev–Trinajstić information content (AvgIpc) is 2.99. The summed E-state index contributed by atoms with van der Waals surface area (Å²) in [4.78, 5) is 0. The third-order valence-corrected chi connectivity index (χ3v) is 6.23. The van der Waals surface area contributed by atoms with Gasteiger partial charge in [-0.25, -0.2) is 0 Å². The fraction of sp³-hybridized carbons (Fsp3) is 0.0588. The highest BCUT2D eigenvalue weighted by atomic mass is 16.5. The first kappa shape index (κ1) is 25.9. The predicted molar refractivity (Wildman–Crippen MR) is 152 cm³/mol. The molecular weight excluding hydrogens is 500 g/mol. The zero-order valence-corrected chi connectivity index (χ0v) is 21.9. The molecule has 0 unspecified atom stereocenters. The summed E-state index contributed by atoms with van der Waals surface area (Å²) in [5.74, 6) is 3.87. The summed E-state index contributed by atoms with van der Waals surface area (Å²) in [6.45, 7) is 1.88. The molecule has 0 N–H and O–H groups in total. The van der Waals surface area contributed by atoms with E-state index in [0.29, 0.717) is 51.4 Å². The van der Waals surface area contributed by atoms with Crippen molar-refractivity contribution in [2.75, 3.05) is 7.11 Å². The summed E-state index contributed by atoms with van der Waals surface area (Å²) in [6.07, 6.45) is 0. The second-order valence-electron chi connectivity index (χ2n) is 8.83. The average molecular weight is 525 g/mol. The van der Waals surface area contributed by atoms with Gasteiger partial charge in [0.05, 0.1) is 12.7 Å². The molecule has 0 radical (unpaired) electrons. The summed E-state index contributed by atoms with van der Waals surface area (Å²) in [5, 5.41) is 19.3. The highest BCUT2D eigenvalue weighted by Gasteiger charge is 2.13. The summed E-state index contributed by atoms with van der Waals surface area (Å²) >= 11 is 0. The standard InChI is InChI=1S/C34H24N2O4/c1-23-5-3-6-32(30(23)21-35)38-27-13-9-24(10-14-27)25-11-15-28(16-12-25)39-33-7-4-8-34(31(33)22-36)40-29-19-17-26(37-2)18-20-29/h3-20H,1-2H3. The van der Waals surface area contributed by atoms with Gasteiger partial charge in [-0.05, 0) is 90.3 Å². The maximum absolute atomic E-state index is 9.83. The summed E-state index contributed by atoms with van der Waals surface area (Å²) < 4.78 is 23.1. The minimum Gasteiger partial charge on any atom is -0.497 e. The Morgan fingerprint density at radius 3 is 1.27 bits per heavy atom. The number of rotatable bonds is 8. The van der Waals surface area contributed by atoms with Crippen molar-refractivity contribution >= 4 is 0 Å². The number of hydrogen-bond donors (Lipinski definition) is 0. The quantitative estimate of drug-likeness (QED) is 0.202. The van der Waals surface area contributed by atoms with Gasteiger partial charge in [0, 0.05) is 0 Å². The molecule has 0 aliphatic carbocycles. The van der Waals surface area contributed by atoms with Crippen LogP contribution in [0.3, 0.4) is 0 Å². The second kappa shape index (κ2) is 11.8. The molecule has 0 aliphatic heterocycles. The van der Waals surface area contributed by atoms with Crippen molar-refractivity contribution in [3.63, 3.8) is 0 Å². The third kappa shape index (κ3) is 5.72. The van der Waals surface area contributed by atoms with Crippen LogP contribution in [-0.2, 0) is 0 Å². The van der Waals surface area contributed by atoms with Crippen LogP contribution in [-0.4, -0.2) is 7.11 Å². The molecule has 5 aromatic carbocycles. The molecule has 5 aromatic rings. The van der Waals surface area contributed by atoms with Gasteiger partial charge in [0.15, 0.2) is 0 Å². The Labute approximate surface area is 232 Å². The first-order valence-electron chi connectivity index (χ1n) is 12.5. The van der Waals surface area contributed by atoms with Crippen LogP contribution in [0.15, 0.2) is 109 Å². The van der Waals surface area contributed by atoms with Crippen molar-refractivity contribution < 1.29 is 18.9 Å². The number of ether oxygens (including phenoxy) is 4. The summed E-state index contributed by atoms with van der Waals surface area (Å²) in [6, 6.07) is 37.6. The Morgan fingerprint density at radius 2 is 0.850 bits per heavy atom. The van der Waals surface area contributed by atoms with E-state index in [1.165, 1.54) is 0 Å². The van der Waals surface area contributed by atoms with Gasteiger partial charge in [-0.2, -0.15) is 10.5 Å². The normalized spacial score (nSPS) is 10.2. The largest absolute Gasteiger partial charge is 0.497 e. The molecule has 0 saturated heterocycles. The predicted octanol–water partition coefficient (Wildman–Crippen LogP) is 8.79. The van der Waals surface area contributed by atoms with E-state index in [2.05, 4.69) is 12.1 Å². The van der Waals surface area contributed by atoms with E-state index in [0.717, 1.165) is 16.7 Å². The maximum atomic E-state index is 9.83. The topological polar surface area (TPSA) is 84.5 Å². The van der Waals surface area contributed by atoms with Crippen molar-refractivity contribution in [3.05, 3.63) is 126 Å². The monoisotopic (exact) mass is 524 g/mol. The van der Waals surface area contributed by atoms with E-state index in [-0.39, 0.29) is 0 Å². The number of aryl methyl sites for hydroxylation is 1. The van der Waals surface area contributed by atoms with Gasteiger partial charge in [0.25, 0.3) is 0 Å². The van der Waals surface area contributed by atoms with E-state index in [1.54, 1.807) is 55.6 Å². The zero-order valence-electron chi connectivity index (χ0n) is 21.9. The fourth-order valence-corrected chi connectivity index (χ4v) is 4.12. The molecule has 0 atom stereocenters. The van der Waals surface area contributed by atoms with Crippen LogP contribution >= 0.6 is 0 Å². The van der Waals surface area contributed by atoms with Crippen LogP contribution in [0.1, 0.15) is 16.7 Å². The SMILES string of the molecule is COc1ccc(Oc2cccc(Oc3ccc(-c4ccc(Oc5cccc(C)c5C#N)cc4)cc3)c2C#N)cc1. The molecule has 0 bridgehead atoms. The lowest BCUT2D eigenvalue weighted by Gasteiger charge is -2.13. The molecular formula is C34H24N2O4. The van der Waals surface area contributed by atoms with Gasteiger partial charge in [-0.3, -0.25) is 0 Å². The Hall–Kier alpha value is -5.72. The molecule has 6 nitrogen and oxygen atoms in total. The molecule has 0 aromatic heterocycles. The van der Waals surface area contributed by atoms with E-state index >= 15 is 0 Å². The molecule has 0 aliphatic rings. The van der Waals surface area contributed by atoms with Crippen molar-refractivity contribution in [1.29, 1.82) is 10.5 Å². The maximum Gasteiger partial charge on any atom is 0.149 e. The van der Waals surface area contributed by atoms with Crippen LogP contribution < -0.4 is 18.9 Å². The molecule has 40 heavy (non-hydrogen) atoms. The molecule has 0 saturated carbocycles. The smallest absolute Gasteiger partial charge is 0.149 e. The highest BCUT2D eigenvalue weighted by molar-refractivity contribution is 5.65. The molecule has 0 fully saturated rings. The summed E-state index contributed by atoms with van der Waals surface area (Å²) in [7, 11) is 1.60. The Bertz CT molecular complexity index is 1710. The van der Waals surface area contributed by atoms with Crippen molar-refractivity contribution in [1.82, 2.24) is 0 Å². The van der Waals surface area contributed by atoms with Gasteiger partial charge in [0.1, 0.15) is 57.9 Å². The van der Waals surface area contributed by atoms with Gasteiger partial charge < -0.3 is 18.9 Å². The van der Waals surface area contributed by atoms with E-state index in [9.17, 15) is 10.5 Å². The van der Waals surface area contributed by atoms with E-state index in [4.69, 9.17) is 18.9 Å². The second-order valence-corrected chi connectivity index (χ2v) is 8.83. The van der Waals surface area contributed by atoms with Gasteiger partial charge in [0.2, 0.25) is 0 Å². The van der Waals surface area contributed by atoms with Crippen LogP contribution in [0.4, 0.5) is 0 Å². The molecule has 5 rings (SSSR count). The lowest BCUT2D eigenvalue weighted by Crippen LogP contribution is -1.93. The number of benzene rings is 5. The zero-order chi connectivity index (χ0) is 27.9. The Balaban J connectivity index is 1.29. The van der Waals surface area contributed by atoms with Crippen molar-refractivity contribution in [3.8, 4) is 63.5 Å². The van der Waals surface area contributed by atoms with Crippen LogP contribution in [0.25, 0.3) is 11.1 Å². The van der Waals surface area contributed by atoms with Gasteiger partial charge in [-0.1, -0.05) is 42.5 Å². The van der Waals surface area contributed by atoms with Gasteiger partial charge >= 0.3 is 0 Å². The van der Waals surface area contributed by atoms with Crippen LogP contribution in [0.2, 0.25) is 0 Å². The molecule has 194 valence electrons.